The summed E-state index contributed by atoms with van der Waals surface area (Å²) in [5.74, 6) is -0.284. The zero-order valence-corrected chi connectivity index (χ0v) is 8.32. The first-order valence-electron chi connectivity index (χ1n) is 4.34. The van der Waals surface area contributed by atoms with Gasteiger partial charge in [0.25, 0.3) is 0 Å². The van der Waals surface area contributed by atoms with Crippen LogP contribution in [0.1, 0.15) is 18.9 Å². The summed E-state index contributed by atoms with van der Waals surface area (Å²) >= 11 is 0. The Morgan fingerprint density at radius 2 is 2.21 bits per heavy atom. The van der Waals surface area contributed by atoms with E-state index in [4.69, 9.17) is 4.42 Å². The van der Waals surface area contributed by atoms with Gasteiger partial charge in [-0.3, -0.25) is 9.59 Å². The zero-order chi connectivity index (χ0) is 10.6. The van der Waals surface area contributed by atoms with Gasteiger partial charge in [0.15, 0.2) is 0 Å². The lowest BCUT2D eigenvalue weighted by molar-refractivity contribution is -0.134. The lowest BCUT2D eigenvalue weighted by atomic mass is 10.2. The molecule has 0 fully saturated rings. The summed E-state index contributed by atoms with van der Waals surface area (Å²) < 4.78 is 4.87. The fourth-order valence-corrected chi connectivity index (χ4v) is 1.09. The van der Waals surface area contributed by atoms with Crippen LogP contribution in [-0.2, 0) is 16.1 Å². The first-order valence-corrected chi connectivity index (χ1v) is 4.34. The average Bonchev–Trinajstić information content (AvgIpc) is 2.55. The smallest absolute Gasteiger partial charge is 0.230 e. The van der Waals surface area contributed by atoms with Crippen molar-refractivity contribution in [2.45, 2.75) is 19.9 Å². The summed E-state index contributed by atoms with van der Waals surface area (Å²) in [6, 6.07) is 1.79. The number of rotatable bonds is 4. The van der Waals surface area contributed by atoms with E-state index >= 15 is 0 Å². The van der Waals surface area contributed by atoms with Crippen LogP contribution in [-0.4, -0.2) is 23.6 Å². The van der Waals surface area contributed by atoms with E-state index in [0.717, 1.165) is 5.56 Å². The van der Waals surface area contributed by atoms with E-state index in [0.29, 0.717) is 6.54 Å². The first kappa shape index (κ1) is 10.5. The molecule has 0 aliphatic carbocycles. The van der Waals surface area contributed by atoms with Crippen LogP contribution in [0, 0.1) is 0 Å². The van der Waals surface area contributed by atoms with Gasteiger partial charge in [-0.25, -0.2) is 0 Å². The van der Waals surface area contributed by atoms with Crippen LogP contribution in [0.25, 0.3) is 0 Å². The maximum atomic E-state index is 11.4. The van der Waals surface area contributed by atoms with Crippen LogP contribution in [0.5, 0.6) is 0 Å². The lowest BCUT2D eigenvalue weighted by Crippen LogP contribution is -2.27. The number of carbonyl (C=O) groups is 2. The molecule has 0 bridgehead atoms. The third-order valence-corrected chi connectivity index (χ3v) is 1.83. The number of hydrogen-bond acceptors (Lipinski definition) is 3. The van der Waals surface area contributed by atoms with Crippen LogP contribution in [0.15, 0.2) is 23.0 Å². The number of amides is 1. The molecule has 0 N–H and O–H groups in total. The van der Waals surface area contributed by atoms with E-state index in [1.807, 2.05) is 0 Å². The Balaban J connectivity index is 2.46. The van der Waals surface area contributed by atoms with Crippen molar-refractivity contribution >= 4 is 11.7 Å². The monoisotopic (exact) mass is 195 g/mol. The Bertz CT molecular complexity index is 316. The molecule has 0 aromatic carbocycles. The summed E-state index contributed by atoms with van der Waals surface area (Å²) in [5.41, 5.74) is 0.921. The zero-order valence-electron chi connectivity index (χ0n) is 8.32. The lowest BCUT2D eigenvalue weighted by Gasteiger charge is -2.14. The highest BCUT2D eigenvalue weighted by molar-refractivity contribution is 5.96. The molecule has 0 radical (unpaired) electrons. The van der Waals surface area contributed by atoms with Gasteiger partial charge in [-0.15, -0.1) is 0 Å². The van der Waals surface area contributed by atoms with Gasteiger partial charge < -0.3 is 9.32 Å². The van der Waals surface area contributed by atoms with Gasteiger partial charge in [-0.1, -0.05) is 0 Å². The van der Waals surface area contributed by atoms with Crippen molar-refractivity contribution in [2.75, 3.05) is 7.05 Å². The van der Waals surface area contributed by atoms with E-state index in [1.54, 1.807) is 25.6 Å². The molecule has 1 aromatic rings. The number of ketones is 1. The topological polar surface area (TPSA) is 50.5 Å². The molecule has 0 spiro atoms. The van der Waals surface area contributed by atoms with E-state index in [1.165, 1.54) is 11.8 Å². The minimum atomic E-state index is -0.168. The highest BCUT2D eigenvalue weighted by Crippen LogP contribution is 2.04. The van der Waals surface area contributed by atoms with Crippen LogP contribution in [0.4, 0.5) is 0 Å². The van der Waals surface area contributed by atoms with E-state index in [2.05, 4.69) is 0 Å². The predicted molar refractivity (Wildman–Crippen MR) is 50.5 cm³/mol. The van der Waals surface area contributed by atoms with Crippen molar-refractivity contribution in [3.8, 4) is 0 Å². The molecular formula is C10H13NO3. The quantitative estimate of drug-likeness (QED) is 0.679. The number of nitrogens with zero attached hydrogens (tertiary/aromatic N) is 1. The van der Waals surface area contributed by atoms with Gasteiger partial charge in [0, 0.05) is 19.2 Å². The molecule has 0 saturated heterocycles. The summed E-state index contributed by atoms with van der Waals surface area (Å²) in [7, 11) is 1.66. The van der Waals surface area contributed by atoms with Crippen molar-refractivity contribution in [2.24, 2.45) is 0 Å². The van der Waals surface area contributed by atoms with Crippen LogP contribution in [0.2, 0.25) is 0 Å². The van der Waals surface area contributed by atoms with Crippen molar-refractivity contribution in [1.29, 1.82) is 0 Å². The summed E-state index contributed by atoms with van der Waals surface area (Å²) in [4.78, 5) is 23.6. The maximum Gasteiger partial charge on any atom is 0.230 e. The minimum absolute atomic E-state index is 0.0334. The van der Waals surface area contributed by atoms with E-state index < -0.39 is 0 Å². The maximum absolute atomic E-state index is 11.4. The molecule has 4 heteroatoms. The molecule has 1 aromatic heterocycles. The second kappa shape index (κ2) is 4.60. The molecule has 1 heterocycles. The Morgan fingerprint density at radius 1 is 1.50 bits per heavy atom. The van der Waals surface area contributed by atoms with Crippen molar-refractivity contribution in [3.05, 3.63) is 24.2 Å². The Hall–Kier alpha value is -1.58. The molecule has 0 saturated carbocycles. The second-order valence-corrected chi connectivity index (χ2v) is 3.26. The van der Waals surface area contributed by atoms with Gasteiger partial charge in [0.1, 0.15) is 5.78 Å². The third kappa shape index (κ3) is 3.05. The number of hydrogen-bond donors (Lipinski definition) is 0. The summed E-state index contributed by atoms with van der Waals surface area (Å²) in [5, 5.41) is 0. The largest absolute Gasteiger partial charge is 0.472 e. The summed E-state index contributed by atoms with van der Waals surface area (Å²) in [6.07, 6.45) is 3.10. The Kier molecular flexibility index (Phi) is 3.45. The number of Topliss-reactive ketones (excluding diaryl/α,β-unsaturated/α-hetero) is 1. The fourth-order valence-electron chi connectivity index (χ4n) is 1.09. The molecule has 0 aliphatic rings. The molecule has 0 atom stereocenters. The molecule has 0 aliphatic heterocycles. The van der Waals surface area contributed by atoms with Gasteiger partial charge in [-0.05, 0) is 13.0 Å². The normalized spacial score (nSPS) is 9.86. The molecular weight excluding hydrogens is 182 g/mol. The first-order chi connectivity index (χ1) is 6.59. The highest BCUT2D eigenvalue weighted by Gasteiger charge is 2.11. The molecule has 1 rings (SSSR count). The predicted octanol–water partition coefficient (Wildman–Crippen LogP) is 1.22. The van der Waals surface area contributed by atoms with Gasteiger partial charge >= 0.3 is 0 Å². The van der Waals surface area contributed by atoms with Gasteiger partial charge in [-0.2, -0.15) is 0 Å². The highest BCUT2D eigenvalue weighted by atomic mass is 16.3. The average molecular weight is 195 g/mol. The molecule has 1 amide bonds. The van der Waals surface area contributed by atoms with Crippen LogP contribution < -0.4 is 0 Å². The number of carbonyl (C=O) groups excluding carboxylic acids is 2. The Labute approximate surface area is 82.5 Å². The molecule has 14 heavy (non-hydrogen) atoms. The van der Waals surface area contributed by atoms with Crippen LogP contribution in [0.3, 0.4) is 0 Å². The molecule has 4 nitrogen and oxygen atoms in total. The SMILES string of the molecule is CC(=O)CC(=O)N(C)Cc1ccoc1. The standard InChI is InChI=1S/C10H13NO3/c1-8(12)5-10(13)11(2)6-9-3-4-14-7-9/h3-4,7H,5-6H2,1-2H3. The summed E-state index contributed by atoms with van der Waals surface area (Å²) in [6.45, 7) is 1.88. The van der Waals surface area contributed by atoms with Gasteiger partial charge in [0.05, 0.1) is 18.9 Å². The van der Waals surface area contributed by atoms with Crippen molar-refractivity contribution in [1.82, 2.24) is 4.90 Å². The molecule has 76 valence electrons. The van der Waals surface area contributed by atoms with Crippen molar-refractivity contribution in [3.63, 3.8) is 0 Å². The van der Waals surface area contributed by atoms with E-state index in [-0.39, 0.29) is 18.1 Å². The van der Waals surface area contributed by atoms with Gasteiger partial charge in [0.2, 0.25) is 5.91 Å². The van der Waals surface area contributed by atoms with Crippen molar-refractivity contribution < 1.29 is 14.0 Å². The third-order valence-electron chi connectivity index (χ3n) is 1.83. The fraction of sp³-hybridized carbons (Fsp3) is 0.400. The number of furan rings is 1. The van der Waals surface area contributed by atoms with Crippen LogP contribution >= 0.6 is 0 Å². The minimum Gasteiger partial charge on any atom is -0.472 e. The molecule has 0 unspecified atom stereocenters. The second-order valence-electron chi connectivity index (χ2n) is 3.26. The Morgan fingerprint density at radius 3 is 2.71 bits per heavy atom. The van der Waals surface area contributed by atoms with E-state index in [9.17, 15) is 9.59 Å².